The molecule has 0 spiro atoms. The van der Waals surface area contributed by atoms with Gasteiger partial charge < -0.3 is 9.84 Å². The maximum absolute atomic E-state index is 13.6. The fourth-order valence-corrected chi connectivity index (χ4v) is 2.63. The van der Waals surface area contributed by atoms with E-state index in [0.29, 0.717) is 19.4 Å². The molecule has 0 saturated carbocycles. The lowest BCUT2D eigenvalue weighted by atomic mass is 9.80. The maximum Gasteiger partial charge on any atom is 0.126 e. The van der Waals surface area contributed by atoms with Gasteiger partial charge in [0.05, 0.1) is 17.8 Å². The summed E-state index contributed by atoms with van der Waals surface area (Å²) in [5, 5.41) is 10.5. The van der Waals surface area contributed by atoms with Crippen molar-refractivity contribution in [2.75, 3.05) is 6.61 Å². The molecule has 1 aliphatic heterocycles. The van der Waals surface area contributed by atoms with Gasteiger partial charge in [-0.05, 0) is 44.0 Å². The molecule has 4 heteroatoms. The molecule has 1 saturated heterocycles. The van der Waals surface area contributed by atoms with Crippen LogP contribution >= 0.6 is 0 Å². The second kappa shape index (κ2) is 4.59. The molecule has 0 amide bonds. The van der Waals surface area contributed by atoms with E-state index in [4.69, 9.17) is 4.74 Å². The van der Waals surface area contributed by atoms with Crippen molar-refractivity contribution >= 4 is 0 Å². The van der Waals surface area contributed by atoms with Crippen LogP contribution in [0.25, 0.3) is 0 Å². The Labute approximate surface area is 106 Å². The Bertz CT molecular complexity index is 445. The second-order valence-corrected chi connectivity index (χ2v) is 5.67. The Morgan fingerprint density at radius 2 is 2.06 bits per heavy atom. The van der Waals surface area contributed by atoms with E-state index in [-0.39, 0.29) is 12.0 Å². The van der Waals surface area contributed by atoms with E-state index >= 15 is 0 Å². The van der Waals surface area contributed by atoms with E-state index in [9.17, 15) is 13.9 Å². The number of rotatable bonds is 2. The van der Waals surface area contributed by atoms with Gasteiger partial charge in [0.15, 0.2) is 0 Å². The highest BCUT2D eigenvalue weighted by atomic mass is 19.1. The zero-order valence-corrected chi connectivity index (χ0v) is 10.7. The summed E-state index contributed by atoms with van der Waals surface area (Å²) in [5.41, 5.74) is -1.25. The zero-order chi connectivity index (χ0) is 13.4. The molecule has 1 heterocycles. The minimum Gasteiger partial charge on any atom is -0.389 e. The van der Waals surface area contributed by atoms with Gasteiger partial charge >= 0.3 is 0 Å². The third kappa shape index (κ3) is 3.06. The van der Waals surface area contributed by atoms with Gasteiger partial charge in [-0.1, -0.05) is 0 Å². The summed E-state index contributed by atoms with van der Waals surface area (Å²) < 4.78 is 32.2. The molecule has 2 nitrogen and oxygen atoms in total. The monoisotopic (exact) mass is 256 g/mol. The van der Waals surface area contributed by atoms with Crippen LogP contribution in [-0.2, 0) is 11.2 Å². The topological polar surface area (TPSA) is 29.5 Å². The number of halogens is 2. The summed E-state index contributed by atoms with van der Waals surface area (Å²) in [4.78, 5) is 0. The van der Waals surface area contributed by atoms with E-state index in [1.807, 2.05) is 13.8 Å². The molecule has 2 rings (SSSR count). The lowest BCUT2D eigenvalue weighted by Crippen LogP contribution is -2.47. The minimum absolute atomic E-state index is 0.114. The van der Waals surface area contributed by atoms with Gasteiger partial charge in [-0.3, -0.25) is 0 Å². The highest BCUT2D eigenvalue weighted by molar-refractivity contribution is 5.21. The molecule has 1 unspecified atom stereocenters. The first-order valence-electron chi connectivity index (χ1n) is 6.10. The molecule has 0 radical (unpaired) electrons. The van der Waals surface area contributed by atoms with E-state index in [0.717, 1.165) is 18.2 Å². The Balaban J connectivity index is 2.19. The SMILES string of the molecule is CC1(C)CC(O)(Cc2cc(F)ccc2F)CCO1. The molecule has 1 fully saturated rings. The van der Waals surface area contributed by atoms with Crippen molar-refractivity contribution in [3.8, 4) is 0 Å². The Hall–Kier alpha value is -1.00. The first-order chi connectivity index (χ1) is 8.30. The van der Waals surface area contributed by atoms with Gasteiger partial charge in [0, 0.05) is 12.8 Å². The van der Waals surface area contributed by atoms with E-state index in [1.165, 1.54) is 0 Å². The van der Waals surface area contributed by atoms with Crippen LogP contribution in [0.2, 0.25) is 0 Å². The molecule has 0 aliphatic carbocycles. The van der Waals surface area contributed by atoms with Gasteiger partial charge in [-0.15, -0.1) is 0 Å². The maximum atomic E-state index is 13.6. The summed E-state index contributed by atoms with van der Waals surface area (Å²) in [6, 6.07) is 3.32. The van der Waals surface area contributed by atoms with Crippen LogP contribution in [0.4, 0.5) is 8.78 Å². The highest BCUT2D eigenvalue weighted by Crippen LogP contribution is 2.34. The third-order valence-electron chi connectivity index (χ3n) is 3.34. The predicted molar refractivity (Wildman–Crippen MR) is 64.3 cm³/mol. The minimum atomic E-state index is -1.03. The molecule has 0 bridgehead atoms. The highest BCUT2D eigenvalue weighted by Gasteiger charge is 2.39. The molecular weight excluding hydrogens is 238 g/mol. The normalized spacial score (nSPS) is 27.2. The van der Waals surface area contributed by atoms with Crippen LogP contribution in [0.5, 0.6) is 0 Å². The molecule has 100 valence electrons. The number of hydrogen-bond donors (Lipinski definition) is 1. The Morgan fingerprint density at radius 3 is 2.72 bits per heavy atom. The number of benzene rings is 1. The molecule has 1 aliphatic rings. The molecule has 1 aromatic rings. The van der Waals surface area contributed by atoms with Crippen molar-refractivity contribution in [3.05, 3.63) is 35.4 Å². The summed E-state index contributed by atoms with van der Waals surface area (Å²) >= 11 is 0. The third-order valence-corrected chi connectivity index (χ3v) is 3.34. The predicted octanol–water partition coefficient (Wildman–Crippen LogP) is 2.83. The van der Waals surface area contributed by atoms with Gasteiger partial charge in [-0.25, -0.2) is 8.78 Å². The van der Waals surface area contributed by atoms with Crippen LogP contribution < -0.4 is 0 Å². The van der Waals surface area contributed by atoms with Crippen LogP contribution in [0.15, 0.2) is 18.2 Å². The van der Waals surface area contributed by atoms with E-state index in [2.05, 4.69) is 0 Å². The van der Waals surface area contributed by atoms with Gasteiger partial charge in [0.1, 0.15) is 11.6 Å². The molecule has 18 heavy (non-hydrogen) atoms. The van der Waals surface area contributed by atoms with Crippen molar-refractivity contribution in [1.82, 2.24) is 0 Å². The van der Waals surface area contributed by atoms with Crippen molar-refractivity contribution < 1.29 is 18.6 Å². The van der Waals surface area contributed by atoms with Crippen molar-refractivity contribution in [2.24, 2.45) is 0 Å². The summed E-state index contributed by atoms with van der Waals surface area (Å²) in [6.45, 7) is 4.21. The van der Waals surface area contributed by atoms with E-state index in [1.54, 1.807) is 0 Å². The molecule has 1 aromatic carbocycles. The average Bonchev–Trinajstić information content (AvgIpc) is 2.21. The smallest absolute Gasteiger partial charge is 0.126 e. The van der Waals surface area contributed by atoms with Gasteiger partial charge in [0.2, 0.25) is 0 Å². The first kappa shape index (κ1) is 13.4. The largest absolute Gasteiger partial charge is 0.389 e. The van der Waals surface area contributed by atoms with Gasteiger partial charge in [-0.2, -0.15) is 0 Å². The molecule has 0 aromatic heterocycles. The first-order valence-corrected chi connectivity index (χ1v) is 6.10. The lowest BCUT2D eigenvalue weighted by Gasteiger charge is -2.41. The number of hydrogen-bond acceptors (Lipinski definition) is 2. The van der Waals surface area contributed by atoms with Crippen molar-refractivity contribution in [3.63, 3.8) is 0 Å². The fraction of sp³-hybridized carbons (Fsp3) is 0.571. The standard InChI is InChI=1S/C14H18F2O2/c1-13(2)9-14(17,5-6-18-13)8-10-7-11(15)3-4-12(10)16/h3-4,7,17H,5-6,8-9H2,1-2H3. The Morgan fingerprint density at radius 1 is 1.33 bits per heavy atom. The van der Waals surface area contributed by atoms with Crippen LogP contribution in [0.3, 0.4) is 0 Å². The van der Waals surface area contributed by atoms with Gasteiger partial charge in [0.25, 0.3) is 0 Å². The summed E-state index contributed by atoms with van der Waals surface area (Å²) in [5.74, 6) is -0.963. The molecule has 1 N–H and O–H groups in total. The number of aliphatic hydroxyl groups is 1. The lowest BCUT2D eigenvalue weighted by molar-refractivity contribution is -0.143. The summed E-state index contributed by atoms with van der Waals surface area (Å²) in [6.07, 6.45) is 0.964. The Kier molecular flexibility index (Phi) is 3.43. The van der Waals surface area contributed by atoms with Crippen LogP contribution in [0.1, 0.15) is 32.3 Å². The fourth-order valence-electron chi connectivity index (χ4n) is 2.63. The second-order valence-electron chi connectivity index (χ2n) is 5.67. The van der Waals surface area contributed by atoms with Crippen LogP contribution in [0, 0.1) is 11.6 Å². The zero-order valence-electron chi connectivity index (χ0n) is 10.7. The quantitative estimate of drug-likeness (QED) is 0.881. The van der Waals surface area contributed by atoms with Crippen LogP contribution in [-0.4, -0.2) is 22.9 Å². The number of ether oxygens (including phenoxy) is 1. The van der Waals surface area contributed by atoms with Crippen molar-refractivity contribution in [1.29, 1.82) is 0 Å². The molecule has 1 atom stereocenters. The van der Waals surface area contributed by atoms with E-state index < -0.39 is 22.8 Å². The average molecular weight is 256 g/mol. The summed E-state index contributed by atoms with van der Waals surface area (Å²) in [7, 11) is 0. The van der Waals surface area contributed by atoms with Crippen molar-refractivity contribution in [2.45, 2.75) is 44.3 Å². The molecular formula is C14H18F2O2.